The molecule has 0 radical (unpaired) electrons. The Morgan fingerprint density at radius 1 is 1.11 bits per heavy atom. The van der Waals surface area contributed by atoms with Crippen LogP contribution in [0.25, 0.3) is 0 Å². The summed E-state index contributed by atoms with van der Waals surface area (Å²) in [6.07, 6.45) is 0. The molecule has 3 heteroatoms. The van der Waals surface area contributed by atoms with Crippen molar-refractivity contribution in [1.82, 2.24) is 0 Å². The highest BCUT2D eigenvalue weighted by atomic mass is 79.9. The fourth-order valence-corrected chi connectivity index (χ4v) is 1.93. The molecule has 0 aliphatic heterocycles. The molecule has 0 saturated heterocycles. The lowest BCUT2D eigenvalue weighted by molar-refractivity contribution is 0.0921. The van der Waals surface area contributed by atoms with E-state index in [0.29, 0.717) is 11.3 Å². The lowest BCUT2D eigenvalue weighted by Gasteiger charge is -2.07. The minimum absolute atomic E-state index is 0.0134. The van der Waals surface area contributed by atoms with Gasteiger partial charge in [0.15, 0.2) is 12.4 Å². The Morgan fingerprint density at radius 2 is 1.79 bits per heavy atom. The van der Waals surface area contributed by atoms with Crippen LogP contribution in [0.15, 0.2) is 46.9 Å². The number of ketones is 1. The van der Waals surface area contributed by atoms with Crippen molar-refractivity contribution < 1.29 is 9.53 Å². The van der Waals surface area contributed by atoms with Crippen LogP contribution in [0.3, 0.4) is 0 Å². The molecule has 0 N–H and O–H groups in total. The number of carbonyl (C=O) groups is 1. The van der Waals surface area contributed by atoms with Crippen molar-refractivity contribution in [3.05, 3.63) is 63.6 Å². The van der Waals surface area contributed by atoms with Crippen LogP contribution in [0.2, 0.25) is 0 Å². The van der Waals surface area contributed by atoms with Gasteiger partial charge in [-0.1, -0.05) is 45.8 Å². The number of carbonyl (C=O) groups excluding carboxylic acids is 1. The predicted molar refractivity (Wildman–Crippen MR) is 79.9 cm³/mol. The van der Waals surface area contributed by atoms with Crippen molar-refractivity contribution in [3.63, 3.8) is 0 Å². The van der Waals surface area contributed by atoms with Gasteiger partial charge in [-0.3, -0.25) is 4.79 Å². The summed E-state index contributed by atoms with van der Waals surface area (Å²) in [5.41, 5.74) is 2.90. The van der Waals surface area contributed by atoms with E-state index in [9.17, 15) is 4.79 Å². The highest BCUT2D eigenvalue weighted by Gasteiger charge is 2.07. The van der Waals surface area contributed by atoms with Gasteiger partial charge in [-0.15, -0.1) is 0 Å². The summed E-state index contributed by atoms with van der Waals surface area (Å²) >= 11 is 3.43. The van der Waals surface area contributed by atoms with Crippen LogP contribution in [0.5, 0.6) is 5.75 Å². The molecule has 0 fully saturated rings. The predicted octanol–water partition coefficient (Wildman–Crippen LogP) is 4.33. The van der Waals surface area contributed by atoms with E-state index in [1.807, 2.05) is 56.3 Å². The molecule has 2 aromatic carbocycles. The number of rotatable bonds is 4. The topological polar surface area (TPSA) is 26.3 Å². The van der Waals surface area contributed by atoms with Gasteiger partial charge in [0, 0.05) is 10.0 Å². The monoisotopic (exact) mass is 318 g/mol. The largest absolute Gasteiger partial charge is 0.485 e. The molecular weight excluding hydrogens is 304 g/mol. The summed E-state index contributed by atoms with van der Waals surface area (Å²) in [6.45, 7) is 4.04. The third kappa shape index (κ3) is 3.67. The molecular formula is C16H15BrO2. The molecule has 0 atom stereocenters. The maximum absolute atomic E-state index is 11.9. The number of halogens is 1. The summed E-state index contributed by atoms with van der Waals surface area (Å²) in [7, 11) is 0. The van der Waals surface area contributed by atoms with Gasteiger partial charge >= 0.3 is 0 Å². The molecule has 0 aliphatic carbocycles. The summed E-state index contributed by atoms with van der Waals surface area (Å²) < 4.78 is 6.55. The number of hydrogen-bond acceptors (Lipinski definition) is 2. The molecule has 2 rings (SSSR count). The van der Waals surface area contributed by atoms with Crippen LogP contribution in [0.4, 0.5) is 0 Å². The Labute approximate surface area is 121 Å². The Balaban J connectivity index is 2.00. The first-order chi connectivity index (χ1) is 9.06. The molecule has 0 saturated carbocycles. The third-order valence-electron chi connectivity index (χ3n) is 2.87. The average Bonchev–Trinajstić information content (AvgIpc) is 2.40. The number of benzene rings is 2. The second-order valence-corrected chi connectivity index (χ2v) is 5.34. The second-order valence-electron chi connectivity index (χ2n) is 4.49. The highest BCUT2D eigenvalue weighted by Crippen LogP contribution is 2.21. The van der Waals surface area contributed by atoms with Gasteiger partial charge < -0.3 is 4.74 Å². The van der Waals surface area contributed by atoms with Crippen molar-refractivity contribution in [2.24, 2.45) is 0 Å². The number of hydrogen-bond donors (Lipinski definition) is 0. The first kappa shape index (κ1) is 13.8. The molecule has 98 valence electrons. The van der Waals surface area contributed by atoms with Gasteiger partial charge in [0.1, 0.15) is 5.75 Å². The van der Waals surface area contributed by atoms with Gasteiger partial charge in [-0.05, 0) is 37.6 Å². The fraction of sp³-hybridized carbons (Fsp3) is 0.188. The van der Waals surface area contributed by atoms with Crippen LogP contribution in [0, 0.1) is 13.8 Å². The quantitative estimate of drug-likeness (QED) is 0.784. The van der Waals surface area contributed by atoms with Crippen molar-refractivity contribution in [3.8, 4) is 5.75 Å². The van der Waals surface area contributed by atoms with Gasteiger partial charge in [-0.25, -0.2) is 0 Å². The van der Waals surface area contributed by atoms with E-state index in [2.05, 4.69) is 15.9 Å². The zero-order chi connectivity index (χ0) is 13.8. The van der Waals surface area contributed by atoms with Gasteiger partial charge in [0.2, 0.25) is 0 Å². The third-order valence-corrected chi connectivity index (χ3v) is 3.76. The Morgan fingerprint density at radius 3 is 2.42 bits per heavy atom. The normalized spacial score (nSPS) is 10.3. The van der Waals surface area contributed by atoms with Crippen LogP contribution in [-0.2, 0) is 0 Å². The number of aryl methyl sites for hydroxylation is 2. The number of ether oxygens (including phenoxy) is 1. The molecule has 0 aromatic heterocycles. The summed E-state index contributed by atoms with van der Waals surface area (Å²) in [6, 6.07) is 13.2. The van der Waals surface area contributed by atoms with Gasteiger partial charge in [-0.2, -0.15) is 0 Å². The highest BCUT2D eigenvalue weighted by molar-refractivity contribution is 9.10. The molecule has 0 unspecified atom stereocenters. The first-order valence-electron chi connectivity index (χ1n) is 6.05. The summed E-state index contributed by atoms with van der Waals surface area (Å²) in [5.74, 6) is 0.696. The van der Waals surface area contributed by atoms with E-state index < -0.39 is 0 Å². The maximum Gasteiger partial charge on any atom is 0.200 e. The van der Waals surface area contributed by atoms with E-state index in [1.54, 1.807) is 0 Å². The number of Topliss-reactive ketones (excluding diaryl/α,β-unsaturated/α-hetero) is 1. The van der Waals surface area contributed by atoms with E-state index in [-0.39, 0.29) is 12.4 Å². The Kier molecular flexibility index (Phi) is 4.38. The van der Waals surface area contributed by atoms with Gasteiger partial charge in [0.25, 0.3) is 0 Å². The van der Waals surface area contributed by atoms with Crippen molar-refractivity contribution in [1.29, 1.82) is 0 Å². The Hall–Kier alpha value is -1.61. The SMILES string of the molecule is Cc1ccc(C(=O)COc2ccc(Br)c(C)c2)cc1. The fourth-order valence-electron chi connectivity index (χ4n) is 1.68. The maximum atomic E-state index is 11.9. The first-order valence-corrected chi connectivity index (χ1v) is 6.84. The van der Waals surface area contributed by atoms with Crippen molar-refractivity contribution in [2.45, 2.75) is 13.8 Å². The van der Waals surface area contributed by atoms with Crippen LogP contribution < -0.4 is 4.74 Å². The second kappa shape index (κ2) is 6.02. The van der Waals surface area contributed by atoms with Crippen LogP contribution in [-0.4, -0.2) is 12.4 Å². The van der Waals surface area contributed by atoms with Gasteiger partial charge in [0.05, 0.1) is 0 Å². The van der Waals surface area contributed by atoms with Crippen molar-refractivity contribution in [2.75, 3.05) is 6.61 Å². The molecule has 0 amide bonds. The standard InChI is InChI=1S/C16H15BrO2/c1-11-3-5-13(6-4-11)16(18)10-19-14-7-8-15(17)12(2)9-14/h3-9H,10H2,1-2H3. The molecule has 2 nitrogen and oxygen atoms in total. The smallest absolute Gasteiger partial charge is 0.200 e. The lowest BCUT2D eigenvalue weighted by atomic mass is 10.1. The summed E-state index contributed by atoms with van der Waals surface area (Å²) in [4.78, 5) is 11.9. The summed E-state index contributed by atoms with van der Waals surface area (Å²) in [5, 5.41) is 0. The Bertz CT molecular complexity index is 588. The van der Waals surface area contributed by atoms with E-state index in [1.165, 1.54) is 0 Å². The molecule has 0 bridgehead atoms. The molecule has 0 spiro atoms. The zero-order valence-electron chi connectivity index (χ0n) is 10.9. The minimum Gasteiger partial charge on any atom is -0.485 e. The van der Waals surface area contributed by atoms with E-state index >= 15 is 0 Å². The van der Waals surface area contributed by atoms with Crippen molar-refractivity contribution >= 4 is 21.7 Å². The zero-order valence-corrected chi connectivity index (χ0v) is 12.5. The lowest BCUT2D eigenvalue weighted by Crippen LogP contribution is -2.11. The minimum atomic E-state index is -0.0134. The van der Waals surface area contributed by atoms with Crippen LogP contribution in [0.1, 0.15) is 21.5 Å². The van der Waals surface area contributed by atoms with Crippen LogP contribution >= 0.6 is 15.9 Å². The molecule has 19 heavy (non-hydrogen) atoms. The molecule has 0 aliphatic rings. The average molecular weight is 319 g/mol. The molecule has 2 aromatic rings. The van der Waals surface area contributed by atoms with E-state index in [4.69, 9.17) is 4.74 Å². The molecule has 0 heterocycles. The van der Waals surface area contributed by atoms with E-state index in [0.717, 1.165) is 15.6 Å².